The number of rotatable bonds is 3. The Balaban J connectivity index is 1.41. The summed E-state index contributed by atoms with van der Waals surface area (Å²) >= 11 is 0. The largest absolute Gasteiger partial charge is 0.451 e. The number of hydrogen-bond donors (Lipinski definition) is 3. The number of nitrogens with one attached hydrogen (secondary N) is 3. The van der Waals surface area contributed by atoms with Crippen LogP contribution in [0, 0.1) is 19.8 Å². The molecule has 1 unspecified atom stereocenters. The molecule has 0 saturated carbocycles. The zero-order chi connectivity index (χ0) is 27.9. The first-order valence-corrected chi connectivity index (χ1v) is 15.2. The van der Waals surface area contributed by atoms with E-state index < -0.39 is 21.7 Å². The van der Waals surface area contributed by atoms with Gasteiger partial charge in [0.05, 0.1) is 10.6 Å². The van der Waals surface area contributed by atoms with E-state index in [0.717, 1.165) is 49.4 Å². The smallest absolute Gasteiger partial charge is 0.264 e. The highest BCUT2D eigenvalue weighted by molar-refractivity contribution is 7.92. The number of aryl methyl sites for hydroxylation is 2. The molecular weight excluding hydrogens is 528 g/mol. The van der Waals surface area contributed by atoms with E-state index in [1.165, 1.54) is 18.6 Å². The second-order valence-electron chi connectivity index (χ2n) is 11.0. The fourth-order valence-corrected chi connectivity index (χ4v) is 6.91. The lowest BCUT2D eigenvalue weighted by Crippen LogP contribution is -2.59. The molecule has 1 aromatic heterocycles. The van der Waals surface area contributed by atoms with E-state index in [1.807, 2.05) is 32.0 Å². The van der Waals surface area contributed by atoms with Crippen LogP contribution in [0.1, 0.15) is 40.7 Å². The summed E-state index contributed by atoms with van der Waals surface area (Å²) in [5, 5.41) is 6.55. The van der Waals surface area contributed by atoms with Gasteiger partial charge in [-0.15, -0.1) is 0 Å². The van der Waals surface area contributed by atoms with Crippen LogP contribution in [0.15, 0.2) is 53.4 Å². The van der Waals surface area contributed by atoms with Gasteiger partial charge >= 0.3 is 0 Å². The summed E-state index contributed by atoms with van der Waals surface area (Å²) in [5.74, 6) is 0.341. The third-order valence-corrected chi connectivity index (χ3v) is 9.38. The van der Waals surface area contributed by atoms with Crippen molar-refractivity contribution in [3.63, 3.8) is 0 Å². The lowest BCUT2D eigenvalue weighted by Gasteiger charge is -2.42. The molecule has 3 aromatic rings. The molecule has 1 amide bonds. The molecule has 3 aliphatic heterocycles. The van der Waals surface area contributed by atoms with Crippen molar-refractivity contribution < 1.29 is 17.9 Å². The van der Waals surface area contributed by atoms with Crippen molar-refractivity contribution >= 4 is 21.9 Å². The van der Waals surface area contributed by atoms with Crippen molar-refractivity contribution in [1.82, 2.24) is 25.5 Å². The first kappa shape index (κ1) is 26.7. The molecule has 4 heterocycles. The maximum absolute atomic E-state index is 13.5. The second kappa shape index (κ2) is 10.5. The number of aromatic nitrogens is 2. The fourth-order valence-electron chi connectivity index (χ4n) is 5.92. The van der Waals surface area contributed by atoms with Gasteiger partial charge in [-0.3, -0.25) is 4.79 Å². The van der Waals surface area contributed by atoms with Crippen LogP contribution in [0.2, 0.25) is 0 Å². The molecule has 3 aliphatic rings. The molecule has 4 bridgehead atoms. The van der Waals surface area contributed by atoms with Crippen LogP contribution in [0.25, 0.3) is 11.3 Å². The monoisotopic (exact) mass is 562 g/mol. The van der Waals surface area contributed by atoms with E-state index in [0.29, 0.717) is 24.5 Å². The molecule has 0 radical (unpaired) electrons. The fraction of sp³-hybridized carbons (Fsp3) is 0.414. The molecule has 40 heavy (non-hydrogen) atoms. The first-order valence-electron chi connectivity index (χ1n) is 13.7. The van der Waals surface area contributed by atoms with E-state index in [-0.39, 0.29) is 22.3 Å². The minimum Gasteiger partial charge on any atom is -0.451 e. The highest BCUT2D eigenvalue weighted by atomic mass is 32.2. The number of ether oxygens (including phenoxy) is 1. The number of benzene rings is 2. The normalized spacial score (nSPS) is 21.9. The van der Waals surface area contributed by atoms with Crippen molar-refractivity contribution in [2.75, 3.05) is 37.4 Å². The Morgan fingerprint density at radius 2 is 1.80 bits per heavy atom. The highest BCUT2D eigenvalue weighted by Crippen LogP contribution is 2.33. The van der Waals surface area contributed by atoms with Crippen LogP contribution in [0.4, 0.5) is 5.95 Å². The molecule has 210 valence electrons. The van der Waals surface area contributed by atoms with E-state index in [9.17, 15) is 13.2 Å². The Labute approximate surface area is 234 Å². The van der Waals surface area contributed by atoms with Crippen molar-refractivity contribution in [2.24, 2.45) is 5.92 Å². The summed E-state index contributed by atoms with van der Waals surface area (Å²) in [5.41, 5.74) is 2.63. The first-order chi connectivity index (χ1) is 19.2. The third-order valence-electron chi connectivity index (χ3n) is 8.06. The van der Waals surface area contributed by atoms with Crippen molar-refractivity contribution in [1.29, 1.82) is 0 Å². The van der Waals surface area contributed by atoms with Crippen molar-refractivity contribution in [2.45, 2.75) is 43.7 Å². The molecule has 11 heteroatoms. The van der Waals surface area contributed by atoms with Gasteiger partial charge in [-0.2, -0.15) is 4.98 Å². The number of amides is 1. The predicted molar refractivity (Wildman–Crippen MR) is 152 cm³/mol. The number of anilines is 1. The van der Waals surface area contributed by atoms with Crippen LogP contribution >= 0.6 is 0 Å². The quantitative estimate of drug-likeness (QED) is 0.445. The van der Waals surface area contributed by atoms with Crippen LogP contribution in [-0.4, -0.2) is 67.6 Å². The summed E-state index contributed by atoms with van der Waals surface area (Å²) in [6.45, 7) is 8.58. The van der Waals surface area contributed by atoms with E-state index in [2.05, 4.69) is 30.2 Å². The summed E-state index contributed by atoms with van der Waals surface area (Å²) in [7, 11) is -4.06. The van der Waals surface area contributed by atoms with Gasteiger partial charge in [-0.1, -0.05) is 24.3 Å². The van der Waals surface area contributed by atoms with Crippen molar-refractivity contribution in [3.8, 4) is 17.1 Å². The lowest BCUT2D eigenvalue weighted by molar-refractivity contribution is -0.0263. The number of piperidine rings is 1. The summed E-state index contributed by atoms with van der Waals surface area (Å²) in [6.07, 6.45) is 2.29. The number of likely N-dealkylation sites (tertiary alicyclic amines) is 1. The Hall–Kier alpha value is -3.54. The zero-order valence-corrected chi connectivity index (χ0v) is 23.6. The lowest BCUT2D eigenvalue weighted by atomic mass is 9.97. The maximum Gasteiger partial charge on any atom is 0.264 e. The predicted octanol–water partition coefficient (Wildman–Crippen LogP) is 3.09. The van der Waals surface area contributed by atoms with Gasteiger partial charge in [0.15, 0.2) is 5.72 Å². The van der Waals surface area contributed by atoms with E-state index in [1.54, 1.807) is 18.2 Å². The average molecular weight is 563 g/mol. The van der Waals surface area contributed by atoms with Gasteiger partial charge in [0.1, 0.15) is 0 Å². The van der Waals surface area contributed by atoms with E-state index >= 15 is 0 Å². The maximum atomic E-state index is 13.5. The topological polar surface area (TPSA) is 126 Å². The Kier molecular flexibility index (Phi) is 6.97. The number of fused-ring (bicyclic) bond motifs is 4. The molecule has 1 atom stereocenters. The minimum atomic E-state index is -4.06. The molecule has 3 N–H and O–H groups in total. The number of nitrogens with zero attached hydrogens (tertiary/aromatic N) is 3. The van der Waals surface area contributed by atoms with Gasteiger partial charge in [0.25, 0.3) is 15.9 Å². The summed E-state index contributed by atoms with van der Waals surface area (Å²) in [6, 6.07) is 13.6. The SMILES string of the molecule is Cc1cccc(C)c1-c1cc2nc(n1)NS(=O)(=O)c1cccc(c1)C(=O)NC1(CCN(CC3CCNC3)CC1)O2. The third kappa shape index (κ3) is 5.41. The van der Waals surface area contributed by atoms with Crippen LogP contribution in [-0.2, 0) is 10.0 Å². The molecular formula is C29H34N6O4S. The standard InChI is InChI=1S/C29H34N6O4S/c1-19-5-3-6-20(2)26(19)24-16-25-32-28(31-24)34-40(37,38)23-8-4-7-22(15-23)27(36)33-29(39-25)10-13-35(14-11-29)18-21-9-12-30-17-21/h3-8,15-16,21,30H,9-14,17-18H2,1-2H3,(H,33,36)(H,31,32,34). The molecule has 1 spiro atoms. The Bertz CT molecular complexity index is 1530. The van der Waals surface area contributed by atoms with Crippen LogP contribution < -0.4 is 20.1 Å². The van der Waals surface area contributed by atoms with Gasteiger partial charge in [-0.05, 0) is 68.6 Å². The summed E-state index contributed by atoms with van der Waals surface area (Å²) in [4.78, 5) is 24.9. The second-order valence-corrected chi connectivity index (χ2v) is 12.7. The number of carbonyl (C=O) groups is 1. The van der Waals surface area contributed by atoms with Gasteiger partial charge in [0, 0.05) is 49.7 Å². The molecule has 10 nitrogen and oxygen atoms in total. The highest BCUT2D eigenvalue weighted by Gasteiger charge is 2.40. The number of sulfonamides is 1. The Morgan fingerprint density at radius 1 is 1.05 bits per heavy atom. The van der Waals surface area contributed by atoms with Gasteiger partial charge in [0.2, 0.25) is 11.8 Å². The summed E-state index contributed by atoms with van der Waals surface area (Å²) < 4.78 is 35.6. The number of carbonyl (C=O) groups excluding carboxylic acids is 1. The molecule has 2 aromatic carbocycles. The van der Waals surface area contributed by atoms with Gasteiger partial charge < -0.3 is 20.3 Å². The number of hydrogen-bond acceptors (Lipinski definition) is 8. The molecule has 2 fully saturated rings. The van der Waals surface area contributed by atoms with Gasteiger partial charge in [-0.25, -0.2) is 18.1 Å². The minimum absolute atomic E-state index is 0.0432. The molecule has 0 aliphatic carbocycles. The zero-order valence-electron chi connectivity index (χ0n) is 22.7. The molecule has 6 rings (SSSR count). The van der Waals surface area contributed by atoms with Crippen LogP contribution in [0.3, 0.4) is 0 Å². The Morgan fingerprint density at radius 3 is 2.52 bits per heavy atom. The molecule has 2 saturated heterocycles. The average Bonchev–Trinajstić information content (AvgIpc) is 3.42. The van der Waals surface area contributed by atoms with E-state index in [4.69, 9.17) is 4.74 Å². The van der Waals surface area contributed by atoms with Crippen molar-refractivity contribution in [3.05, 3.63) is 65.2 Å². The van der Waals surface area contributed by atoms with Crippen LogP contribution in [0.5, 0.6) is 5.88 Å².